The summed E-state index contributed by atoms with van der Waals surface area (Å²) >= 11 is 0. The number of amides is 1. The van der Waals surface area contributed by atoms with Gasteiger partial charge >= 0.3 is 5.97 Å². The minimum atomic E-state index is -0.795. The lowest BCUT2D eigenvalue weighted by Gasteiger charge is -2.24. The largest absolute Gasteiger partial charge is 0.462 e. The Morgan fingerprint density at radius 1 is 0.423 bits per heavy atom. The van der Waals surface area contributed by atoms with Gasteiger partial charge in [0.1, 0.15) is 6.10 Å². The maximum absolute atomic E-state index is 13.3. The molecule has 0 heterocycles. The van der Waals surface area contributed by atoms with E-state index in [1.54, 1.807) is 0 Å². The first-order valence-corrected chi connectivity index (χ1v) is 31.0. The normalized spacial score (nSPS) is 13.5. The number of unbranched alkanes of at least 4 members (excludes halogenated alkanes) is 34. The third kappa shape index (κ3) is 53.7. The van der Waals surface area contributed by atoms with Crippen LogP contribution in [0.15, 0.2) is 60.8 Å². The Labute approximate surface area is 441 Å². The molecular formula is C65H119NO5. The first kappa shape index (κ1) is 68.6. The summed E-state index contributed by atoms with van der Waals surface area (Å²) in [5.74, 6) is -0.497. The van der Waals surface area contributed by atoms with E-state index in [4.69, 9.17) is 4.74 Å². The van der Waals surface area contributed by atoms with E-state index in [9.17, 15) is 19.8 Å². The van der Waals surface area contributed by atoms with Gasteiger partial charge in [-0.3, -0.25) is 9.59 Å². The van der Waals surface area contributed by atoms with Crippen LogP contribution in [0.2, 0.25) is 0 Å². The van der Waals surface area contributed by atoms with Crippen LogP contribution in [0.25, 0.3) is 0 Å². The number of hydrogen-bond donors (Lipinski definition) is 3. The van der Waals surface area contributed by atoms with Gasteiger partial charge in [-0.1, -0.05) is 293 Å². The molecule has 0 rings (SSSR count). The minimum Gasteiger partial charge on any atom is -0.462 e. The van der Waals surface area contributed by atoms with Crippen LogP contribution < -0.4 is 5.32 Å². The van der Waals surface area contributed by atoms with Crippen LogP contribution >= 0.6 is 0 Å². The van der Waals surface area contributed by atoms with Gasteiger partial charge in [-0.05, 0) is 70.6 Å². The third-order valence-electron chi connectivity index (χ3n) is 14.1. The van der Waals surface area contributed by atoms with Crippen molar-refractivity contribution in [3.63, 3.8) is 0 Å². The predicted octanol–water partition coefficient (Wildman–Crippen LogP) is 19.5. The van der Waals surface area contributed by atoms with Crippen LogP contribution in [-0.2, 0) is 14.3 Å². The Morgan fingerprint density at radius 2 is 0.761 bits per heavy atom. The van der Waals surface area contributed by atoms with E-state index in [-0.39, 0.29) is 24.9 Å². The number of nitrogens with one attached hydrogen (secondary N) is 1. The molecule has 3 unspecified atom stereocenters. The van der Waals surface area contributed by atoms with Crippen LogP contribution in [0.3, 0.4) is 0 Å². The van der Waals surface area contributed by atoms with Gasteiger partial charge in [-0.2, -0.15) is 0 Å². The quantitative estimate of drug-likeness (QED) is 0.0321. The Morgan fingerprint density at radius 3 is 1.14 bits per heavy atom. The molecule has 6 nitrogen and oxygen atoms in total. The van der Waals surface area contributed by atoms with Crippen molar-refractivity contribution < 1.29 is 24.5 Å². The van der Waals surface area contributed by atoms with Gasteiger partial charge in [-0.15, -0.1) is 0 Å². The van der Waals surface area contributed by atoms with E-state index in [0.29, 0.717) is 19.3 Å². The molecule has 0 saturated heterocycles. The standard InChI is InChI=1S/C65H119NO5/c1-4-7-10-13-16-19-22-25-28-31-32-34-37-40-43-46-49-52-55-58-65(70)71-61(56-53-50-47-44-41-38-35-30-27-24-21-18-15-12-9-6-3)59-64(69)66-62(60-67)63(68)57-54-51-48-45-42-39-36-33-29-26-23-20-17-14-11-8-5-2/h7,10,16,19,25,28,32,34,40,43,61-63,67-68H,4-6,8-9,11-15,17-18,20-24,26-27,29-31,33,35-39,41-42,44-60H2,1-3H3,(H,66,69)/b10-7-,19-16-,28-25-,34-32-,43-40-. The number of ether oxygens (including phenoxy) is 1. The highest BCUT2D eigenvalue weighted by Crippen LogP contribution is 2.19. The molecule has 0 radical (unpaired) electrons. The van der Waals surface area contributed by atoms with Crippen LogP contribution in [0.4, 0.5) is 0 Å². The zero-order chi connectivity index (χ0) is 51.6. The minimum absolute atomic E-state index is 0.0664. The summed E-state index contributed by atoms with van der Waals surface area (Å²) in [7, 11) is 0. The summed E-state index contributed by atoms with van der Waals surface area (Å²) < 4.78 is 5.97. The Kier molecular flexibility index (Phi) is 56.4. The Balaban J connectivity index is 4.57. The summed E-state index contributed by atoms with van der Waals surface area (Å²) in [6, 6.07) is -0.710. The highest BCUT2D eigenvalue weighted by molar-refractivity contribution is 5.77. The van der Waals surface area contributed by atoms with E-state index in [0.717, 1.165) is 89.9 Å². The smallest absolute Gasteiger partial charge is 0.306 e. The summed E-state index contributed by atoms with van der Waals surface area (Å²) in [5.41, 5.74) is 0. The van der Waals surface area contributed by atoms with Crippen molar-refractivity contribution in [3.05, 3.63) is 60.8 Å². The van der Waals surface area contributed by atoms with Gasteiger partial charge in [0.15, 0.2) is 0 Å². The number of aliphatic hydroxyl groups excluding tert-OH is 2. The molecule has 71 heavy (non-hydrogen) atoms. The van der Waals surface area contributed by atoms with Gasteiger partial charge in [0.2, 0.25) is 5.91 Å². The molecule has 0 aliphatic rings. The molecule has 0 aliphatic carbocycles. The Hall–Kier alpha value is -2.44. The SMILES string of the molecule is CC/C=C\C/C=C\C/C=C\C/C=C\C/C=C\CCCCCC(=O)OC(CCCCCCCCCCCCCCCCCC)CC(=O)NC(CO)C(O)CCCCCCCCCCCCCCCCCCC. The van der Waals surface area contributed by atoms with Crippen molar-refractivity contribution in [2.45, 2.75) is 334 Å². The van der Waals surface area contributed by atoms with Crippen molar-refractivity contribution in [2.24, 2.45) is 0 Å². The first-order valence-electron chi connectivity index (χ1n) is 31.0. The Bertz CT molecular complexity index is 1250. The molecule has 0 saturated carbocycles. The van der Waals surface area contributed by atoms with Crippen molar-refractivity contribution in [1.82, 2.24) is 5.32 Å². The summed E-state index contributed by atoms with van der Waals surface area (Å²) in [5, 5.41) is 24.0. The van der Waals surface area contributed by atoms with E-state index < -0.39 is 18.2 Å². The van der Waals surface area contributed by atoms with Gasteiger partial charge in [0, 0.05) is 6.42 Å². The van der Waals surface area contributed by atoms with E-state index in [2.05, 4.69) is 86.8 Å². The number of carbonyl (C=O) groups is 2. The van der Waals surface area contributed by atoms with Gasteiger partial charge in [0.05, 0.1) is 25.2 Å². The fourth-order valence-electron chi connectivity index (χ4n) is 9.46. The first-order chi connectivity index (χ1) is 35.0. The lowest BCUT2D eigenvalue weighted by atomic mass is 10.0. The fourth-order valence-corrected chi connectivity index (χ4v) is 9.46. The topological polar surface area (TPSA) is 95.9 Å². The molecular weight excluding hydrogens is 875 g/mol. The van der Waals surface area contributed by atoms with Crippen LogP contribution in [-0.4, -0.2) is 46.9 Å². The van der Waals surface area contributed by atoms with Crippen molar-refractivity contribution in [3.8, 4) is 0 Å². The maximum atomic E-state index is 13.3. The molecule has 0 aromatic rings. The highest BCUT2D eigenvalue weighted by Gasteiger charge is 2.24. The van der Waals surface area contributed by atoms with Gasteiger partial charge in [-0.25, -0.2) is 0 Å². The van der Waals surface area contributed by atoms with Crippen LogP contribution in [0.5, 0.6) is 0 Å². The average molecular weight is 995 g/mol. The number of hydrogen-bond acceptors (Lipinski definition) is 5. The van der Waals surface area contributed by atoms with Gasteiger partial charge in [0.25, 0.3) is 0 Å². The molecule has 0 fully saturated rings. The molecule has 3 N–H and O–H groups in total. The maximum Gasteiger partial charge on any atom is 0.306 e. The predicted molar refractivity (Wildman–Crippen MR) is 310 cm³/mol. The number of aliphatic hydroxyl groups is 2. The molecule has 6 heteroatoms. The number of esters is 1. The van der Waals surface area contributed by atoms with Crippen molar-refractivity contribution in [2.75, 3.05) is 6.61 Å². The van der Waals surface area contributed by atoms with E-state index in [1.807, 2.05) is 0 Å². The number of rotatable bonds is 56. The summed E-state index contributed by atoms with van der Waals surface area (Å²) in [6.07, 6.45) is 74.3. The summed E-state index contributed by atoms with van der Waals surface area (Å²) in [4.78, 5) is 26.4. The van der Waals surface area contributed by atoms with E-state index >= 15 is 0 Å². The monoisotopic (exact) mass is 994 g/mol. The van der Waals surface area contributed by atoms with Gasteiger partial charge < -0.3 is 20.3 Å². The zero-order valence-electron chi connectivity index (χ0n) is 47.4. The van der Waals surface area contributed by atoms with Crippen molar-refractivity contribution in [1.29, 1.82) is 0 Å². The molecule has 1 amide bonds. The molecule has 0 aliphatic heterocycles. The zero-order valence-corrected chi connectivity index (χ0v) is 47.4. The second-order valence-corrected chi connectivity index (χ2v) is 21.1. The molecule has 3 atom stereocenters. The molecule has 414 valence electrons. The lowest BCUT2D eigenvalue weighted by Crippen LogP contribution is -2.46. The number of allylic oxidation sites excluding steroid dienone is 10. The second kappa shape index (κ2) is 58.4. The third-order valence-corrected chi connectivity index (χ3v) is 14.1. The number of carbonyl (C=O) groups excluding carboxylic acids is 2. The molecule has 0 bridgehead atoms. The molecule has 0 aromatic carbocycles. The van der Waals surface area contributed by atoms with Crippen LogP contribution in [0, 0.1) is 0 Å². The fraction of sp³-hybridized carbons (Fsp3) is 0.815. The highest BCUT2D eigenvalue weighted by atomic mass is 16.5. The molecule has 0 aromatic heterocycles. The van der Waals surface area contributed by atoms with Crippen LogP contribution in [0.1, 0.15) is 316 Å². The lowest BCUT2D eigenvalue weighted by molar-refractivity contribution is -0.151. The average Bonchev–Trinajstić information content (AvgIpc) is 3.36. The van der Waals surface area contributed by atoms with Crippen molar-refractivity contribution >= 4 is 11.9 Å². The van der Waals surface area contributed by atoms with E-state index in [1.165, 1.54) is 180 Å². The summed E-state index contributed by atoms with van der Waals surface area (Å²) in [6.45, 7) is 6.41. The second-order valence-electron chi connectivity index (χ2n) is 21.1. The molecule has 0 spiro atoms.